The SMILES string of the molecule is NC1=N[S+]([O-])Nc2cccc(OC[C@H]3CCCN(C(=O)CCc4cccnc4)C3)c21. The van der Waals surface area contributed by atoms with Gasteiger partial charge in [0.25, 0.3) is 0 Å². The highest BCUT2D eigenvalue weighted by atomic mass is 32.2. The molecule has 2 aliphatic rings. The lowest BCUT2D eigenvalue weighted by molar-refractivity contribution is -0.133. The van der Waals surface area contributed by atoms with Crippen LogP contribution in [0.25, 0.3) is 0 Å². The van der Waals surface area contributed by atoms with Crippen molar-refractivity contribution in [2.45, 2.75) is 25.7 Å². The maximum Gasteiger partial charge on any atom is 0.222 e. The summed E-state index contributed by atoms with van der Waals surface area (Å²) < 4.78 is 24.4. The highest BCUT2D eigenvalue weighted by Crippen LogP contribution is 2.31. The van der Waals surface area contributed by atoms with Gasteiger partial charge in [0, 0.05) is 37.8 Å². The van der Waals surface area contributed by atoms with E-state index in [0.717, 1.165) is 24.9 Å². The molecule has 0 radical (unpaired) electrons. The number of hydrogen-bond donors (Lipinski definition) is 2. The third-order valence-electron chi connectivity index (χ3n) is 5.36. The molecule has 1 saturated heterocycles. The number of nitrogens with zero attached hydrogens (tertiary/aromatic N) is 3. The van der Waals surface area contributed by atoms with Gasteiger partial charge in [-0.1, -0.05) is 12.1 Å². The number of rotatable bonds is 6. The highest BCUT2D eigenvalue weighted by Gasteiger charge is 2.27. The molecule has 2 aromatic rings. The minimum Gasteiger partial charge on any atom is -0.566 e. The number of aromatic nitrogens is 1. The third kappa shape index (κ3) is 4.85. The lowest BCUT2D eigenvalue weighted by Gasteiger charge is -2.33. The number of amidine groups is 1. The number of ether oxygens (including phenoxy) is 1. The molecule has 0 saturated carbocycles. The van der Waals surface area contributed by atoms with Gasteiger partial charge in [-0.3, -0.25) is 9.78 Å². The first kappa shape index (κ1) is 20.5. The first-order valence-corrected chi connectivity index (χ1v) is 11.2. The van der Waals surface area contributed by atoms with E-state index < -0.39 is 11.5 Å². The molecule has 0 bridgehead atoms. The number of nitrogens with one attached hydrogen (secondary N) is 1. The molecule has 3 N–H and O–H groups in total. The van der Waals surface area contributed by atoms with Gasteiger partial charge in [-0.15, -0.1) is 0 Å². The van der Waals surface area contributed by atoms with Crippen LogP contribution in [0.15, 0.2) is 47.1 Å². The van der Waals surface area contributed by atoms with Crippen LogP contribution in [0.2, 0.25) is 0 Å². The van der Waals surface area contributed by atoms with Gasteiger partial charge in [0.1, 0.15) is 5.75 Å². The number of benzene rings is 1. The van der Waals surface area contributed by atoms with Crippen molar-refractivity contribution < 1.29 is 14.1 Å². The molecule has 9 heteroatoms. The van der Waals surface area contributed by atoms with Gasteiger partial charge >= 0.3 is 0 Å². The Morgan fingerprint density at radius 3 is 3.10 bits per heavy atom. The summed E-state index contributed by atoms with van der Waals surface area (Å²) in [6.07, 6.45) is 6.70. The van der Waals surface area contributed by atoms with E-state index in [1.807, 2.05) is 29.2 Å². The van der Waals surface area contributed by atoms with Gasteiger partial charge in [0.15, 0.2) is 5.84 Å². The quantitative estimate of drug-likeness (QED) is 0.682. The molecule has 0 aliphatic carbocycles. The van der Waals surface area contributed by atoms with Crippen molar-refractivity contribution in [2.75, 3.05) is 24.4 Å². The van der Waals surface area contributed by atoms with Gasteiger partial charge < -0.3 is 19.9 Å². The van der Waals surface area contributed by atoms with Crippen molar-refractivity contribution in [3.05, 3.63) is 53.9 Å². The van der Waals surface area contributed by atoms with E-state index in [1.165, 1.54) is 0 Å². The molecule has 4 rings (SSSR count). The number of anilines is 1. The zero-order chi connectivity index (χ0) is 20.9. The molecule has 1 amide bonds. The van der Waals surface area contributed by atoms with Crippen LogP contribution in [0, 0.1) is 5.92 Å². The van der Waals surface area contributed by atoms with Crippen LogP contribution in [0.1, 0.15) is 30.4 Å². The summed E-state index contributed by atoms with van der Waals surface area (Å²) in [7, 11) is 0. The minimum absolute atomic E-state index is 0.170. The molecule has 1 fully saturated rings. The van der Waals surface area contributed by atoms with Gasteiger partial charge in [0.2, 0.25) is 17.5 Å². The van der Waals surface area contributed by atoms with Crippen LogP contribution in [0.4, 0.5) is 5.69 Å². The lowest BCUT2D eigenvalue weighted by atomic mass is 9.98. The molecule has 2 aliphatic heterocycles. The summed E-state index contributed by atoms with van der Waals surface area (Å²) in [5.41, 5.74) is 8.33. The fourth-order valence-electron chi connectivity index (χ4n) is 3.84. The first-order chi connectivity index (χ1) is 14.6. The summed E-state index contributed by atoms with van der Waals surface area (Å²) in [4.78, 5) is 18.7. The van der Waals surface area contributed by atoms with E-state index in [-0.39, 0.29) is 17.7 Å². The fraction of sp³-hybridized carbons (Fsp3) is 0.381. The molecular formula is C21H25N5O3S. The number of likely N-dealkylation sites (tertiary alicyclic amines) is 1. The largest absolute Gasteiger partial charge is 0.566 e. The molecule has 8 nitrogen and oxygen atoms in total. The third-order valence-corrected chi connectivity index (χ3v) is 6.11. The maximum absolute atomic E-state index is 12.7. The zero-order valence-corrected chi connectivity index (χ0v) is 17.4. The van der Waals surface area contributed by atoms with E-state index in [4.69, 9.17) is 10.5 Å². The smallest absolute Gasteiger partial charge is 0.222 e. The number of nitrogens with two attached hydrogens (primary N) is 1. The standard InChI is InChI=1S/C21H25N5O3S/c22-21-20-17(24-30(28)25-21)6-1-7-18(20)29-14-16-5-3-11-26(13-16)19(27)9-8-15-4-2-10-23-12-15/h1-2,4,6-7,10,12,16,24H,3,5,8-9,11,13-14H2,(H2,22,25)/t16-,30?/m0/s1. The Morgan fingerprint density at radius 2 is 2.27 bits per heavy atom. The monoisotopic (exact) mass is 427 g/mol. The van der Waals surface area contributed by atoms with Crippen LogP contribution in [-0.2, 0) is 22.8 Å². The Morgan fingerprint density at radius 1 is 1.37 bits per heavy atom. The van der Waals surface area contributed by atoms with Gasteiger partial charge in [-0.05, 0) is 47.4 Å². The number of piperidine rings is 1. The fourth-order valence-corrected chi connectivity index (χ4v) is 4.52. The van der Waals surface area contributed by atoms with Gasteiger partial charge in [0.05, 0.1) is 17.9 Å². The number of fused-ring (bicyclic) bond motifs is 1. The summed E-state index contributed by atoms with van der Waals surface area (Å²) in [6, 6.07) is 9.34. The lowest BCUT2D eigenvalue weighted by Crippen LogP contribution is -2.41. The maximum atomic E-state index is 12.7. The summed E-state index contributed by atoms with van der Waals surface area (Å²) in [5, 5.41) is 0. The van der Waals surface area contributed by atoms with E-state index in [9.17, 15) is 9.35 Å². The number of amides is 1. The summed E-state index contributed by atoms with van der Waals surface area (Å²) in [6.45, 7) is 1.96. The number of hydrogen-bond acceptors (Lipinski definition) is 7. The number of carbonyl (C=O) groups excluding carboxylic acids is 1. The summed E-state index contributed by atoms with van der Waals surface area (Å²) >= 11 is -1.56. The van der Waals surface area contributed by atoms with Crippen molar-refractivity contribution >= 4 is 29.0 Å². The Balaban J connectivity index is 1.33. The molecule has 1 aromatic carbocycles. The molecule has 1 unspecified atom stereocenters. The number of carbonyl (C=O) groups is 1. The van der Waals surface area contributed by atoms with Crippen molar-refractivity contribution in [2.24, 2.45) is 16.0 Å². The first-order valence-electron chi connectivity index (χ1n) is 10.1. The Kier molecular flexibility index (Phi) is 6.39. The van der Waals surface area contributed by atoms with Crippen LogP contribution in [-0.4, -0.2) is 45.9 Å². The van der Waals surface area contributed by atoms with Crippen molar-refractivity contribution in [1.82, 2.24) is 9.88 Å². The highest BCUT2D eigenvalue weighted by molar-refractivity contribution is 7.91. The topological polar surface area (TPSA) is 116 Å². The number of pyridine rings is 1. The second kappa shape index (κ2) is 9.36. The van der Waals surface area contributed by atoms with Gasteiger partial charge in [-0.2, -0.15) is 4.72 Å². The summed E-state index contributed by atoms with van der Waals surface area (Å²) in [5.74, 6) is 1.23. The van der Waals surface area contributed by atoms with Crippen LogP contribution < -0.4 is 15.2 Å². The average Bonchev–Trinajstić information content (AvgIpc) is 2.76. The Hall–Kier alpha value is -2.78. The van der Waals surface area contributed by atoms with Crippen molar-refractivity contribution in [3.63, 3.8) is 0 Å². The second-order valence-electron chi connectivity index (χ2n) is 7.53. The Labute approximate surface area is 179 Å². The molecule has 158 valence electrons. The predicted molar refractivity (Wildman–Crippen MR) is 116 cm³/mol. The van der Waals surface area contributed by atoms with E-state index in [2.05, 4.69) is 14.1 Å². The normalized spacial score (nSPS) is 20.7. The predicted octanol–water partition coefficient (Wildman–Crippen LogP) is 2.04. The van der Waals surface area contributed by atoms with E-state index in [0.29, 0.717) is 43.0 Å². The van der Waals surface area contributed by atoms with E-state index >= 15 is 0 Å². The molecule has 0 spiro atoms. The van der Waals surface area contributed by atoms with Crippen molar-refractivity contribution in [1.29, 1.82) is 0 Å². The Bertz CT molecular complexity index is 924. The van der Waals surface area contributed by atoms with Crippen molar-refractivity contribution in [3.8, 4) is 5.75 Å². The van der Waals surface area contributed by atoms with E-state index in [1.54, 1.807) is 18.5 Å². The molecule has 30 heavy (non-hydrogen) atoms. The molecule has 1 aromatic heterocycles. The molecule has 3 heterocycles. The minimum atomic E-state index is -1.56. The van der Waals surface area contributed by atoms with Crippen LogP contribution in [0.5, 0.6) is 5.75 Å². The zero-order valence-electron chi connectivity index (χ0n) is 16.6. The molecule has 2 atom stereocenters. The van der Waals surface area contributed by atoms with Crippen LogP contribution >= 0.6 is 0 Å². The van der Waals surface area contributed by atoms with Gasteiger partial charge in [-0.25, -0.2) is 0 Å². The second-order valence-corrected chi connectivity index (χ2v) is 8.41. The molecular weight excluding hydrogens is 402 g/mol. The van der Waals surface area contributed by atoms with Crippen LogP contribution in [0.3, 0.4) is 0 Å². The number of aryl methyl sites for hydroxylation is 1. The average molecular weight is 428 g/mol.